The van der Waals surface area contributed by atoms with Gasteiger partial charge in [-0.05, 0) is 12.1 Å². The van der Waals surface area contributed by atoms with Crippen LogP contribution in [0.5, 0.6) is 0 Å². The summed E-state index contributed by atoms with van der Waals surface area (Å²) >= 11 is 0. The van der Waals surface area contributed by atoms with E-state index in [0.717, 1.165) is 5.56 Å². The predicted octanol–water partition coefficient (Wildman–Crippen LogP) is 0.220. The van der Waals surface area contributed by atoms with Crippen molar-refractivity contribution in [1.82, 2.24) is 15.0 Å². The summed E-state index contributed by atoms with van der Waals surface area (Å²) in [6, 6.07) is 3.50. The van der Waals surface area contributed by atoms with E-state index in [1.807, 2.05) is 0 Å². The summed E-state index contributed by atoms with van der Waals surface area (Å²) in [7, 11) is 0. The number of carbonyl (C=O) groups excluding carboxylic acids is 1. The number of nitrogens with two attached hydrogens (primary N) is 2. The molecule has 0 radical (unpaired) electrons. The Morgan fingerprint density at radius 3 is 2.50 bits per heavy atom. The Morgan fingerprint density at radius 1 is 1.25 bits per heavy atom. The van der Waals surface area contributed by atoms with Gasteiger partial charge in [-0.2, -0.15) is 0 Å². The molecule has 0 aliphatic carbocycles. The monoisotopic (exact) mass is 215 g/mol. The minimum absolute atomic E-state index is 0.0781. The number of hydrogen-bond acceptors (Lipinski definition) is 5. The van der Waals surface area contributed by atoms with Gasteiger partial charge in [-0.25, -0.2) is 9.97 Å². The second-order valence-corrected chi connectivity index (χ2v) is 3.09. The zero-order chi connectivity index (χ0) is 11.5. The van der Waals surface area contributed by atoms with Crippen molar-refractivity contribution < 1.29 is 4.79 Å². The zero-order valence-electron chi connectivity index (χ0n) is 8.29. The first-order valence-corrected chi connectivity index (χ1v) is 4.51. The predicted molar refractivity (Wildman–Crippen MR) is 58.2 cm³/mol. The highest BCUT2D eigenvalue weighted by Gasteiger charge is 2.09. The highest BCUT2D eigenvalue weighted by molar-refractivity contribution is 5.96. The average Bonchev–Trinajstić information content (AvgIpc) is 2.29. The molecule has 2 heterocycles. The third kappa shape index (κ3) is 1.81. The normalized spacial score (nSPS) is 10.0. The van der Waals surface area contributed by atoms with Crippen LogP contribution in [0.15, 0.2) is 30.7 Å². The first kappa shape index (κ1) is 10.0. The highest BCUT2D eigenvalue weighted by Crippen LogP contribution is 2.15. The molecule has 1 amide bonds. The molecular weight excluding hydrogens is 206 g/mol. The molecule has 0 unspecified atom stereocenters. The fraction of sp³-hybridized carbons (Fsp3) is 0. The molecule has 0 aromatic carbocycles. The van der Waals surface area contributed by atoms with E-state index in [9.17, 15) is 4.79 Å². The Morgan fingerprint density at radius 2 is 1.94 bits per heavy atom. The van der Waals surface area contributed by atoms with Crippen LogP contribution in [-0.2, 0) is 0 Å². The molecule has 0 aliphatic rings. The van der Waals surface area contributed by atoms with Crippen LogP contribution in [0.2, 0.25) is 0 Å². The minimum Gasteiger partial charge on any atom is -0.383 e. The van der Waals surface area contributed by atoms with Gasteiger partial charge >= 0.3 is 0 Å². The molecule has 0 saturated carbocycles. The van der Waals surface area contributed by atoms with E-state index >= 15 is 0 Å². The van der Waals surface area contributed by atoms with E-state index < -0.39 is 5.91 Å². The lowest BCUT2D eigenvalue weighted by atomic mass is 10.2. The molecule has 6 heteroatoms. The summed E-state index contributed by atoms with van der Waals surface area (Å²) < 4.78 is 0. The van der Waals surface area contributed by atoms with E-state index in [2.05, 4.69) is 15.0 Å². The lowest BCUT2D eigenvalue weighted by Gasteiger charge is -2.03. The van der Waals surface area contributed by atoms with Crippen molar-refractivity contribution in [3.63, 3.8) is 0 Å². The van der Waals surface area contributed by atoms with E-state index in [1.165, 1.54) is 6.20 Å². The molecule has 0 atom stereocenters. The lowest BCUT2D eigenvalue weighted by molar-refractivity contribution is 0.100. The number of hydrogen-bond donors (Lipinski definition) is 2. The summed E-state index contributed by atoms with van der Waals surface area (Å²) in [4.78, 5) is 22.8. The molecule has 2 aromatic heterocycles. The van der Waals surface area contributed by atoms with Gasteiger partial charge in [0.05, 0.1) is 5.56 Å². The summed E-state index contributed by atoms with van der Waals surface area (Å²) in [5.74, 6) is -0.127. The van der Waals surface area contributed by atoms with Gasteiger partial charge in [0.25, 0.3) is 5.91 Å². The van der Waals surface area contributed by atoms with Crippen LogP contribution in [0.1, 0.15) is 10.4 Å². The molecule has 4 N–H and O–H groups in total. The largest absolute Gasteiger partial charge is 0.383 e. The highest BCUT2D eigenvalue weighted by atomic mass is 16.1. The third-order valence-electron chi connectivity index (χ3n) is 2.02. The van der Waals surface area contributed by atoms with E-state index in [-0.39, 0.29) is 11.4 Å². The van der Waals surface area contributed by atoms with Gasteiger partial charge in [0.15, 0.2) is 5.82 Å². The van der Waals surface area contributed by atoms with Gasteiger partial charge in [0.1, 0.15) is 5.82 Å². The number of pyridine rings is 1. The Labute approximate surface area is 91.4 Å². The first-order chi connectivity index (χ1) is 7.68. The van der Waals surface area contributed by atoms with Crippen molar-refractivity contribution in [3.05, 3.63) is 36.3 Å². The Bertz CT molecular complexity index is 526. The number of nitrogens with zero attached hydrogens (tertiary/aromatic N) is 3. The minimum atomic E-state index is -0.640. The van der Waals surface area contributed by atoms with Crippen LogP contribution in [0.3, 0.4) is 0 Å². The summed E-state index contributed by atoms with van der Waals surface area (Å²) in [5, 5.41) is 0. The SMILES string of the molecule is NC(=O)c1cnc(-c2ccncc2)nc1N. The van der Waals surface area contributed by atoms with E-state index in [4.69, 9.17) is 11.5 Å². The molecule has 0 bridgehead atoms. The Hall–Kier alpha value is -2.50. The average molecular weight is 215 g/mol. The molecule has 2 aromatic rings. The Kier molecular flexibility index (Phi) is 2.47. The van der Waals surface area contributed by atoms with Gasteiger partial charge in [0, 0.05) is 24.2 Å². The summed E-state index contributed by atoms with van der Waals surface area (Å²) in [6.07, 6.45) is 4.56. The van der Waals surface area contributed by atoms with Gasteiger partial charge < -0.3 is 11.5 Å². The first-order valence-electron chi connectivity index (χ1n) is 4.51. The Balaban J connectivity index is 2.46. The van der Waals surface area contributed by atoms with Crippen molar-refractivity contribution in [1.29, 1.82) is 0 Å². The van der Waals surface area contributed by atoms with Gasteiger partial charge in [0.2, 0.25) is 0 Å². The molecule has 0 fully saturated rings. The fourth-order valence-electron chi connectivity index (χ4n) is 1.22. The molecule has 0 saturated heterocycles. The number of anilines is 1. The number of carbonyl (C=O) groups is 1. The van der Waals surface area contributed by atoms with Crippen LogP contribution in [0, 0.1) is 0 Å². The van der Waals surface area contributed by atoms with Crippen LogP contribution in [0.4, 0.5) is 5.82 Å². The smallest absolute Gasteiger partial charge is 0.254 e. The molecule has 16 heavy (non-hydrogen) atoms. The topological polar surface area (TPSA) is 108 Å². The molecular formula is C10H9N5O. The van der Waals surface area contributed by atoms with Crippen molar-refractivity contribution in [2.45, 2.75) is 0 Å². The van der Waals surface area contributed by atoms with Crippen LogP contribution < -0.4 is 11.5 Å². The number of primary amides is 1. The summed E-state index contributed by atoms with van der Waals surface area (Å²) in [6.45, 7) is 0. The second kappa shape index (κ2) is 3.93. The summed E-state index contributed by atoms with van der Waals surface area (Å²) in [5.41, 5.74) is 11.6. The molecule has 6 nitrogen and oxygen atoms in total. The lowest BCUT2D eigenvalue weighted by Crippen LogP contribution is -2.15. The maximum Gasteiger partial charge on any atom is 0.254 e. The van der Waals surface area contributed by atoms with Gasteiger partial charge in [-0.3, -0.25) is 9.78 Å². The number of nitrogen functional groups attached to an aromatic ring is 1. The fourth-order valence-corrected chi connectivity index (χ4v) is 1.22. The zero-order valence-corrected chi connectivity index (χ0v) is 8.29. The maximum atomic E-state index is 10.9. The van der Waals surface area contributed by atoms with E-state index in [0.29, 0.717) is 5.82 Å². The molecule has 80 valence electrons. The van der Waals surface area contributed by atoms with Gasteiger partial charge in [-0.1, -0.05) is 0 Å². The number of aromatic nitrogens is 3. The van der Waals surface area contributed by atoms with Crippen molar-refractivity contribution >= 4 is 11.7 Å². The third-order valence-corrected chi connectivity index (χ3v) is 2.02. The van der Waals surface area contributed by atoms with Crippen LogP contribution in [-0.4, -0.2) is 20.9 Å². The molecule has 2 rings (SSSR count). The number of amides is 1. The van der Waals surface area contributed by atoms with Crippen LogP contribution >= 0.6 is 0 Å². The van der Waals surface area contributed by atoms with Crippen LogP contribution in [0.25, 0.3) is 11.4 Å². The second-order valence-electron chi connectivity index (χ2n) is 3.09. The maximum absolute atomic E-state index is 10.9. The quantitative estimate of drug-likeness (QED) is 0.744. The molecule has 0 aliphatic heterocycles. The number of rotatable bonds is 2. The molecule has 0 spiro atoms. The van der Waals surface area contributed by atoms with Crippen molar-refractivity contribution in [2.24, 2.45) is 5.73 Å². The standard InChI is InChI=1S/C10H9N5O/c11-8-7(9(12)16)5-14-10(15-8)6-1-3-13-4-2-6/h1-5H,(H2,12,16)(H2,11,14,15). The van der Waals surface area contributed by atoms with Crippen molar-refractivity contribution in [2.75, 3.05) is 5.73 Å². The van der Waals surface area contributed by atoms with Crippen molar-refractivity contribution in [3.8, 4) is 11.4 Å². The van der Waals surface area contributed by atoms with Gasteiger partial charge in [-0.15, -0.1) is 0 Å². The van der Waals surface area contributed by atoms with E-state index in [1.54, 1.807) is 24.5 Å².